The lowest BCUT2D eigenvalue weighted by Gasteiger charge is -2.60. The van der Waals surface area contributed by atoms with Crippen LogP contribution >= 0.6 is 0 Å². The van der Waals surface area contributed by atoms with Crippen LogP contribution in [-0.2, 0) is 19.1 Å². The third-order valence-corrected chi connectivity index (χ3v) is 9.63. The van der Waals surface area contributed by atoms with Crippen molar-refractivity contribution in [2.45, 2.75) is 96.7 Å². The van der Waals surface area contributed by atoms with Gasteiger partial charge in [-0.2, -0.15) is 0 Å². The van der Waals surface area contributed by atoms with Crippen molar-refractivity contribution < 1.29 is 29.3 Å². The summed E-state index contributed by atoms with van der Waals surface area (Å²) in [7, 11) is 0. The summed E-state index contributed by atoms with van der Waals surface area (Å²) in [6.45, 7) is 5.51. The zero-order chi connectivity index (χ0) is 23.3. The number of unbranched alkanes of at least 4 members (excludes halogenated alkanes) is 1. The van der Waals surface area contributed by atoms with E-state index in [1.54, 1.807) is 0 Å². The molecule has 2 N–H and O–H groups in total. The first kappa shape index (κ1) is 23.6. The van der Waals surface area contributed by atoms with Gasteiger partial charge >= 0.3 is 5.97 Å². The fourth-order valence-electron chi connectivity index (χ4n) is 8.05. The van der Waals surface area contributed by atoms with Crippen LogP contribution in [0.5, 0.6) is 0 Å². The van der Waals surface area contributed by atoms with E-state index in [0.717, 1.165) is 32.1 Å². The maximum atomic E-state index is 13.1. The highest BCUT2D eigenvalue weighted by molar-refractivity contribution is 5.92. The number of aliphatic hydroxyl groups is 2. The van der Waals surface area contributed by atoms with Gasteiger partial charge in [-0.1, -0.05) is 32.8 Å². The Morgan fingerprint density at radius 3 is 2.62 bits per heavy atom. The molecule has 4 aliphatic rings. The van der Waals surface area contributed by atoms with Crippen LogP contribution in [0.1, 0.15) is 85.0 Å². The van der Waals surface area contributed by atoms with Gasteiger partial charge in [-0.25, -0.2) is 0 Å². The number of hydrogen-bond acceptors (Lipinski definition) is 6. The first-order valence-corrected chi connectivity index (χ1v) is 12.4. The molecule has 178 valence electrons. The molecule has 7 atom stereocenters. The highest BCUT2D eigenvalue weighted by Gasteiger charge is 2.70. The summed E-state index contributed by atoms with van der Waals surface area (Å²) in [5.41, 5.74) is -1.12. The fourth-order valence-corrected chi connectivity index (χ4v) is 8.05. The normalized spacial score (nSPS) is 43.0. The van der Waals surface area contributed by atoms with Gasteiger partial charge in [0.25, 0.3) is 0 Å². The van der Waals surface area contributed by atoms with Crippen LogP contribution < -0.4 is 0 Å². The average molecular weight is 447 g/mol. The van der Waals surface area contributed by atoms with Crippen molar-refractivity contribution in [3.05, 3.63) is 11.6 Å². The minimum Gasteiger partial charge on any atom is -0.450 e. The number of rotatable bonds is 6. The minimum atomic E-state index is -1.37. The molecule has 0 heterocycles. The number of allylic oxidation sites excluding steroid dienone is 1. The summed E-state index contributed by atoms with van der Waals surface area (Å²) in [6, 6.07) is 0. The molecule has 0 bridgehead atoms. The Morgan fingerprint density at radius 1 is 1.19 bits per heavy atom. The van der Waals surface area contributed by atoms with Gasteiger partial charge in [-0.3, -0.25) is 14.4 Å². The lowest BCUT2D eigenvalue weighted by molar-refractivity contribution is -0.202. The van der Waals surface area contributed by atoms with Crippen molar-refractivity contribution in [3.63, 3.8) is 0 Å². The molecule has 0 aromatic carbocycles. The SMILES string of the molecule is CCCCC(=O)O[C@]1(C(=O)CO)CC[C@@H]2[C@@H]3CCC4=CC(=O)CC[C@]4(C)[C@@H]3[C@H](O)C[C@]21C. The van der Waals surface area contributed by atoms with Crippen molar-refractivity contribution in [2.24, 2.45) is 28.6 Å². The number of esters is 1. The second-order valence-electron chi connectivity index (χ2n) is 11.1. The number of carbonyl (C=O) groups is 3. The van der Waals surface area contributed by atoms with Gasteiger partial charge in [0.05, 0.1) is 6.10 Å². The molecule has 0 amide bonds. The zero-order valence-corrected chi connectivity index (χ0v) is 19.7. The Bertz CT molecular complexity index is 832. The first-order valence-electron chi connectivity index (χ1n) is 12.4. The molecule has 0 aromatic rings. The predicted molar refractivity (Wildman–Crippen MR) is 119 cm³/mol. The van der Waals surface area contributed by atoms with E-state index in [1.807, 2.05) is 19.9 Å². The molecule has 0 saturated heterocycles. The van der Waals surface area contributed by atoms with Gasteiger partial charge in [-0.15, -0.1) is 0 Å². The molecule has 0 spiro atoms. The van der Waals surface area contributed by atoms with E-state index < -0.39 is 35.5 Å². The Hall–Kier alpha value is -1.53. The van der Waals surface area contributed by atoms with Crippen LogP contribution in [0.4, 0.5) is 0 Å². The summed E-state index contributed by atoms with van der Waals surface area (Å²) in [5, 5.41) is 21.4. The monoisotopic (exact) mass is 446 g/mol. The lowest BCUT2D eigenvalue weighted by Crippen LogP contribution is -2.63. The first-order chi connectivity index (χ1) is 15.1. The molecular formula is C26H38O6. The number of carbonyl (C=O) groups excluding carboxylic acids is 3. The summed E-state index contributed by atoms with van der Waals surface area (Å²) >= 11 is 0. The van der Waals surface area contributed by atoms with Crippen molar-refractivity contribution in [1.29, 1.82) is 0 Å². The molecule has 6 heteroatoms. The van der Waals surface area contributed by atoms with E-state index in [4.69, 9.17) is 4.74 Å². The van der Waals surface area contributed by atoms with Gasteiger partial charge < -0.3 is 14.9 Å². The van der Waals surface area contributed by atoms with E-state index in [0.29, 0.717) is 25.7 Å². The van der Waals surface area contributed by atoms with E-state index in [9.17, 15) is 24.6 Å². The van der Waals surface area contributed by atoms with Crippen LogP contribution in [0.3, 0.4) is 0 Å². The third kappa shape index (κ3) is 3.32. The molecule has 0 radical (unpaired) electrons. The average Bonchev–Trinajstić information content (AvgIpc) is 3.04. The number of Topliss-reactive ketones (excluding diaryl/α,β-unsaturated/α-hetero) is 1. The Morgan fingerprint density at radius 2 is 1.94 bits per heavy atom. The highest BCUT2D eigenvalue weighted by atomic mass is 16.6. The molecule has 6 nitrogen and oxygen atoms in total. The number of aliphatic hydroxyl groups excluding tert-OH is 2. The van der Waals surface area contributed by atoms with Crippen LogP contribution in [0.2, 0.25) is 0 Å². The lowest BCUT2D eigenvalue weighted by atomic mass is 9.45. The molecule has 0 aromatic heterocycles. The van der Waals surface area contributed by atoms with Crippen molar-refractivity contribution in [3.8, 4) is 0 Å². The summed E-state index contributed by atoms with van der Waals surface area (Å²) in [4.78, 5) is 37.9. The fraction of sp³-hybridized carbons (Fsp3) is 0.808. The topological polar surface area (TPSA) is 101 Å². The van der Waals surface area contributed by atoms with Crippen molar-refractivity contribution >= 4 is 17.5 Å². The molecule has 3 fully saturated rings. The van der Waals surface area contributed by atoms with Crippen molar-refractivity contribution in [2.75, 3.05) is 6.61 Å². The summed E-state index contributed by atoms with van der Waals surface area (Å²) in [5.74, 6) is -0.297. The van der Waals surface area contributed by atoms with E-state index in [1.165, 1.54) is 5.57 Å². The van der Waals surface area contributed by atoms with Crippen LogP contribution in [0.25, 0.3) is 0 Å². The molecule has 3 saturated carbocycles. The molecular weight excluding hydrogens is 408 g/mol. The Balaban J connectivity index is 1.70. The zero-order valence-electron chi connectivity index (χ0n) is 19.7. The van der Waals surface area contributed by atoms with E-state index in [-0.39, 0.29) is 35.4 Å². The molecule has 32 heavy (non-hydrogen) atoms. The summed E-state index contributed by atoms with van der Waals surface area (Å²) < 4.78 is 5.98. The second kappa shape index (κ2) is 8.35. The van der Waals surface area contributed by atoms with Gasteiger partial charge in [-0.05, 0) is 74.2 Å². The van der Waals surface area contributed by atoms with Gasteiger partial charge in [0.15, 0.2) is 11.4 Å². The number of ketones is 2. The number of fused-ring (bicyclic) bond motifs is 5. The number of ether oxygens (including phenoxy) is 1. The highest BCUT2D eigenvalue weighted by Crippen LogP contribution is 2.68. The maximum Gasteiger partial charge on any atom is 0.306 e. The standard InChI is InChI=1S/C26H38O6/c1-4-5-6-22(31)32-26(21(30)15-27)12-10-19-18-8-7-16-13-17(28)9-11-24(16,2)23(18)20(29)14-25(19,26)3/h13,18-20,23,27,29H,4-12,14-15H2,1-3H3/t18-,19+,20+,23-,24-,25+,26-/m0/s1. The maximum absolute atomic E-state index is 13.1. The van der Waals surface area contributed by atoms with E-state index >= 15 is 0 Å². The van der Waals surface area contributed by atoms with Crippen LogP contribution in [0, 0.1) is 28.6 Å². The predicted octanol–water partition coefficient (Wildman–Crippen LogP) is 3.52. The Labute approximate surface area is 190 Å². The molecule has 0 unspecified atom stereocenters. The van der Waals surface area contributed by atoms with Gasteiger partial charge in [0, 0.05) is 18.3 Å². The van der Waals surface area contributed by atoms with Gasteiger partial charge in [0.2, 0.25) is 5.78 Å². The molecule has 0 aliphatic heterocycles. The molecule has 4 rings (SSSR count). The van der Waals surface area contributed by atoms with E-state index in [2.05, 4.69) is 6.92 Å². The Kier molecular flexibility index (Phi) is 6.17. The van der Waals surface area contributed by atoms with Crippen molar-refractivity contribution in [1.82, 2.24) is 0 Å². The third-order valence-electron chi connectivity index (χ3n) is 9.63. The molecule has 4 aliphatic carbocycles. The number of hydrogen-bond donors (Lipinski definition) is 2. The minimum absolute atomic E-state index is 0.0319. The van der Waals surface area contributed by atoms with Crippen LogP contribution in [-0.4, -0.2) is 46.1 Å². The van der Waals surface area contributed by atoms with Crippen LogP contribution in [0.15, 0.2) is 11.6 Å². The largest absolute Gasteiger partial charge is 0.450 e. The quantitative estimate of drug-likeness (QED) is 0.606. The smallest absolute Gasteiger partial charge is 0.306 e. The second-order valence-corrected chi connectivity index (χ2v) is 11.1. The summed E-state index contributed by atoms with van der Waals surface area (Å²) in [6.07, 6.45) is 7.44. The van der Waals surface area contributed by atoms with Gasteiger partial charge in [0.1, 0.15) is 6.61 Å².